The largest absolute Gasteiger partial charge is 0.413 e. The maximum Gasteiger partial charge on any atom is 0.192 e. The Bertz CT molecular complexity index is 408. The zero-order valence-corrected chi connectivity index (χ0v) is 17.3. The Labute approximate surface area is 144 Å². The first-order chi connectivity index (χ1) is 10.9. The first-order valence-corrected chi connectivity index (χ1v) is 12.6. The van der Waals surface area contributed by atoms with E-state index in [9.17, 15) is 4.79 Å². The summed E-state index contributed by atoms with van der Waals surface area (Å²) in [6.07, 6.45) is 5.56. The van der Waals surface area contributed by atoms with Gasteiger partial charge in [0.05, 0.1) is 11.5 Å². The number of rotatable bonds is 6. The molecule has 0 aromatic rings. The van der Waals surface area contributed by atoms with E-state index in [1.54, 1.807) is 0 Å². The van der Waals surface area contributed by atoms with E-state index < -0.39 is 8.32 Å². The minimum absolute atomic E-state index is 0.162. The number of hydrogen-bond acceptors (Lipinski definition) is 2. The molecule has 2 aliphatic rings. The second-order valence-electron chi connectivity index (χ2n) is 8.49. The molecular formula is C20H38O2Si. The second kappa shape index (κ2) is 7.39. The van der Waals surface area contributed by atoms with Crippen molar-refractivity contribution in [2.24, 2.45) is 23.2 Å². The molecule has 0 unspecified atom stereocenters. The smallest absolute Gasteiger partial charge is 0.192 e. The highest BCUT2D eigenvalue weighted by atomic mass is 28.4. The van der Waals surface area contributed by atoms with Crippen LogP contribution in [-0.2, 0) is 9.22 Å². The molecule has 4 atom stereocenters. The number of ketones is 1. The van der Waals surface area contributed by atoms with E-state index in [0.29, 0.717) is 23.5 Å². The van der Waals surface area contributed by atoms with Crippen molar-refractivity contribution in [1.29, 1.82) is 0 Å². The summed E-state index contributed by atoms with van der Waals surface area (Å²) in [4.78, 5) is 13.0. The molecule has 23 heavy (non-hydrogen) atoms. The van der Waals surface area contributed by atoms with Crippen molar-refractivity contribution in [1.82, 2.24) is 0 Å². The topological polar surface area (TPSA) is 26.3 Å². The second-order valence-corrected chi connectivity index (χ2v) is 13.2. The Balaban J connectivity index is 2.43. The van der Waals surface area contributed by atoms with Crippen LogP contribution in [0, 0.1) is 23.2 Å². The van der Waals surface area contributed by atoms with Crippen molar-refractivity contribution in [2.45, 2.75) is 97.9 Å². The Morgan fingerprint density at radius 2 is 1.78 bits per heavy atom. The monoisotopic (exact) mass is 338 g/mol. The highest BCUT2D eigenvalue weighted by Gasteiger charge is 2.58. The first-order valence-electron chi connectivity index (χ1n) is 10.1. The van der Waals surface area contributed by atoms with Gasteiger partial charge in [-0.25, -0.2) is 0 Å². The maximum absolute atomic E-state index is 13.0. The van der Waals surface area contributed by atoms with Crippen molar-refractivity contribution in [3.63, 3.8) is 0 Å². The fourth-order valence-corrected chi connectivity index (χ4v) is 8.32. The normalized spacial score (nSPS) is 35.4. The van der Waals surface area contributed by atoms with Crippen LogP contribution in [0.1, 0.15) is 73.6 Å². The molecule has 0 bridgehead atoms. The molecule has 0 N–H and O–H groups in total. The molecule has 2 nitrogen and oxygen atoms in total. The molecule has 0 aliphatic heterocycles. The van der Waals surface area contributed by atoms with Gasteiger partial charge in [0.25, 0.3) is 0 Å². The number of Topliss-reactive ketones (excluding diaryl/α,β-unsaturated/α-hetero) is 1. The van der Waals surface area contributed by atoms with Crippen LogP contribution in [0.25, 0.3) is 0 Å². The Hall–Kier alpha value is -0.153. The van der Waals surface area contributed by atoms with E-state index in [2.05, 4.69) is 41.5 Å². The fraction of sp³-hybridized carbons (Fsp3) is 0.950. The fourth-order valence-electron chi connectivity index (χ4n) is 5.39. The Kier molecular flexibility index (Phi) is 6.16. The third-order valence-corrected chi connectivity index (χ3v) is 12.0. The van der Waals surface area contributed by atoms with E-state index in [0.717, 1.165) is 19.3 Å². The van der Waals surface area contributed by atoms with E-state index in [1.165, 1.54) is 31.0 Å². The molecule has 1 spiro atoms. The van der Waals surface area contributed by atoms with Crippen molar-refractivity contribution >= 4 is 14.1 Å². The van der Waals surface area contributed by atoms with Crippen LogP contribution in [0.15, 0.2) is 0 Å². The highest BCUT2D eigenvalue weighted by Crippen LogP contribution is 2.55. The average Bonchev–Trinajstić information content (AvgIpc) is 2.92. The molecule has 134 valence electrons. The predicted molar refractivity (Wildman–Crippen MR) is 100 cm³/mol. The lowest BCUT2D eigenvalue weighted by Crippen LogP contribution is -2.57. The van der Waals surface area contributed by atoms with Gasteiger partial charge >= 0.3 is 0 Å². The van der Waals surface area contributed by atoms with E-state index in [4.69, 9.17) is 4.43 Å². The third-order valence-electron chi connectivity index (χ3n) is 7.39. The lowest BCUT2D eigenvalue weighted by Gasteiger charge is -2.53. The summed E-state index contributed by atoms with van der Waals surface area (Å²) < 4.78 is 7.10. The molecule has 2 rings (SSSR count). The van der Waals surface area contributed by atoms with Gasteiger partial charge < -0.3 is 4.43 Å². The molecule has 0 amide bonds. The minimum atomic E-state index is -1.70. The maximum atomic E-state index is 13.0. The van der Waals surface area contributed by atoms with Gasteiger partial charge in [0.15, 0.2) is 8.32 Å². The van der Waals surface area contributed by atoms with Crippen molar-refractivity contribution in [3.05, 3.63) is 0 Å². The summed E-state index contributed by atoms with van der Waals surface area (Å²) in [5.74, 6) is 2.18. The standard InChI is InChI=1S/C20H38O2Si/c1-7-23(8-2,9-3)22-19-17(15(4)5)13-12-16(6)20(19)14-10-11-18(20)21/h15-17,19H,7-14H2,1-6H3/t16-,17+,19-,20+/m1/s1. The van der Waals surface area contributed by atoms with Gasteiger partial charge in [-0.3, -0.25) is 4.79 Å². The zero-order chi connectivity index (χ0) is 17.3. The number of hydrogen-bond donors (Lipinski definition) is 0. The molecule has 2 aliphatic carbocycles. The van der Waals surface area contributed by atoms with Gasteiger partial charge in [-0.1, -0.05) is 41.5 Å². The van der Waals surface area contributed by atoms with Crippen molar-refractivity contribution < 1.29 is 9.22 Å². The lowest BCUT2D eigenvalue weighted by molar-refractivity contribution is -0.146. The van der Waals surface area contributed by atoms with E-state index >= 15 is 0 Å². The van der Waals surface area contributed by atoms with Crippen LogP contribution in [0.4, 0.5) is 0 Å². The predicted octanol–water partition coefficient (Wildman–Crippen LogP) is 5.82. The summed E-state index contributed by atoms with van der Waals surface area (Å²) >= 11 is 0. The van der Waals surface area contributed by atoms with E-state index in [-0.39, 0.29) is 11.5 Å². The molecule has 2 fully saturated rings. The van der Waals surface area contributed by atoms with Crippen LogP contribution < -0.4 is 0 Å². The van der Waals surface area contributed by atoms with Gasteiger partial charge in [-0.15, -0.1) is 0 Å². The number of carbonyl (C=O) groups is 1. The summed E-state index contributed by atoms with van der Waals surface area (Å²) in [7, 11) is -1.70. The van der Waals surface area contributed by atoms with Gasteiger partial charge in [-0.2, -0.15) is 0 Å². The van der Waals surface area contributed by atoms with Gasteiger partial charge in [0.1, 0.15) is 5.78 Å². The van der Waals surface area contributed by atoms with Crippen molar-refractivity contribution in [2.75, 3.05) is 0 Å². The molecule has 3 heteroatoms. The summed E-state index contributed by atoms with van der Waals surface area (Å²) in [5.41, 5.74) is -0.162. The lowest BCUT2D eigenvalue weighted by atomic mass is 9.58. The first kappa shape index (κ1) is 19.2. The molecule has 0 aromatic heterocycles. The Morgan fingerprint density at radius 1 is 1.17 bits per heavy atom. The zero-order valence-electron chi connectivity index (χ0n) is 16.3. The highest BCUT2D eigenvalue weighted by molar-refractivity contribution is 6.73. The summed E-state index contributed by atoms with van der Waals surface area (Å²) in [6.45, 7) is 13.9. The summed E-state index contributed by atoms with van der Waals surface area (Å²) in [6, 6.07) is 3.54. The van der Waals surface area contributed by atoms with Gasteiger partial charge in [0.2, 0.25) is 0 Å². The molecular weight excluding hydrogens is 300 g/mol. The minimum Gasteiger partial charge on any atom is -0.413 e. The van der Waals surface area contributed by atoms with Crippen molar-refractivity contribution in [3.8, 4) is 0 Å². The Morgan fingerprint density at radius 3 is 2.22 bits per heavy atom. The quantitative estimate of drug-likeness (QED) is 0.570. The van der Waals surface area contributed by atoms with Crippen LogP contribution in [0.3, 0.4) is 0 Å². The third kappa shape index (κ3) is 3.20. The van der Waals surface area contributed by atoms with Gasteiger partial charge in [0, 0.05) is 6.42 Å². The van der Waals surface area contributed by atoms with Crippen LogP contribution in [0.5, 0.6) is 0 Å². The van der Waals surface area contributed by atoms with Crippen LogP contribution >= 0.6 is 0 Å². The molecule has 0 saturated heterocycles. The molecule has 2 saturated carbocycles. The van der Waals surface area contributed by atoms with Crippen LogP contribution in [-0.4, -0.2) is 20.2 Å². The number of carbonyl (C=O) groups excluding carboxylic acids is 1. The molecule has 0 heterocycles. The van der Waals surface area contributed by atoms with Crippen LogP contribution in [0.2, 0.25) is 18.1 Å². The average molecular weight is 339 g/mol. The van der Waals surface area contributed by atoms with E-state index in [1.807, 2.05) is 0 Å². The van der Waals surface area contributed by atoms with Gasteiger partial charge in [-0.05, 0) is 61.6 Å². The SMILES string of the molecule is CC[Si](CC)(CC)O[C@@H]1[C@H](C(C)C)CC[C@@H](C)[C@]12CCCC2=O. The summed E-state index contributed by atoms with van der Waals surface area (Å²) in [5, 5.41) is 0. The molecule has 0 aromatic carbocycles. The molecule has 0 radical (unpaired) electrons.